The SMILES string of the molecule is COC(C)C.COC(C)C.COC(C)C.COS(=O)(=O)COC(C)C.COS(=O)(=O)COC(C)C.COS(=O)(=O)COC(C)C.COS(=O)(=O)CS(=O)(=O)OC. The average molecular weight is 931 g/mol. The van der Waals surface area contributed by atoms with E-state index < -0.39 is 55.7 Å². The maximum absolute atomic E-state index is 10.6. The number of ether oxygens (including phenoxy) is 6. The normalized spacial score (nSPS) is 11.8. The van der Waals surface area contributed by atoms with E-state index in [4.69, 9.17) is 28.4 Å². The molecule has 0 fully saturated rings. The summed E-state index contributed by atoms with van der Waals surface area (Å²) in [5.74, 6) is -1.12. The van der Waals surface area contributed by atoms with E-state index in [0.717, 1.165) is 35.5 Å². The van der Waals surface area contributed by atoms with Crippen LogP contribution in [0.5, 0.6) is 0 Å². The molecule has 0 radical (unpaired) electrons. The molecule has 0 aliphatic rings. The van der Waals surface area contributed by atoms with Crippen molar-refractivity contribution in [1.29, 1.82) is 0 Å². The van der Waals surface area contributed by atoms with Crippen LogP contribution in [0.4, 0.5) is 0 Å². The molecule has 0 heterocycles. The molecule has 21 nitrogen and oxygen atoms in total. The van der Waals surface area contributed by atoms with Crippen LogP contribution in [0.2, 0.25) is 0 Å². The van der Waals surface area contributed by atoms with Crippen molar-refractivity contribution in [3.63, 3.8) is 0 Å². The van der Waals surface area contributed by atoms with Crippen LogP contribution in [-0.4, -0.2) is 158 Å². The fourth-order valence-electron chi connectivity index (χ4n) is 1.08. The van der Waals surface area contributed by atoms with Crippen LogP contribution in [0.15, 0.2) is 0 Å². The summed E-state index contributed by atoms with van der Waals surface area (Å²) in [6.45, 7) is 22.5. The van der Waals surface area contributed by atoms with Crippen LogP contribution in [0, 0.1) is 0 Å². The summed E-state index contributed by atoms with van der Waals surface area (Å²) in [6.07, 6.45) is 0.875. The third-order valence-electron chi connectivity index (χ3n) is 4.61. The third-order valence-corrected chi connectivity index (χ3v) is 10.7. The van der Waals surface area contributed by atoms with Gasteiger partial charge < -0.3 is 28.4 Å². The van der Waals surface area contributed by atoms with Gasteiger partial charge in [-0.2, -0.15) is 42.1 Å². The Bertz CT molecular complexity index is 1240. The van der Waals surface area contributed by atoms with Crippen molar-refractivity contribution in [2.45, 2.75) is 120 Å². The summed E-state index contributed by atoms with van der Waals surface area (Å²) in [5.41, 5.74) is 0. The Morgan fingerprint density at radius 3 is 0.518 bits per heavy atom. The summed E-state index contributed by atoms with van der Waals surface area (Å²) in [7, 11) is -8.14. The van der Waals surface area contributed by atoms with Crippen LogP contribution in [0.3, 0.4) is 0 Å². The van der Waals surface area contributed by atoms with Crippen molar-refractivity contribution >= 4 is 50.6 Å². The van der Waals surface area contributed by atoms with Gasteiger partial charge in [0.2, 0.25) is 5.08 Å². The molecule has 0 N–H and O–H groups in total. The Kier molecular flexibility index (Phi) is 49.6. The lowest BCUT2D eigenvalue weighted by Crippen LogP contribution is -2.18. The summed E-state index contributed by atoms with van der Waals surface area (Å²) < 4.78 is 154. The van der Waals surface area contributed by atoms with Gasteiger partial charge in [0, 0.05) is 21.3 Å². The van der Waals surface area contributed by atoms with Crippen molar-refractivity contribution in [3.05, 3.63) is 0 Å². The minimum absolute atomic E-state index is 0.0927. The highest BCUT2D eigenvalue weighted by atomic mass is 32.3. The lowest BCUT2D eigenvalue weighted by molar-refractivity contribution is 0.109. The fourth-order valence-corrected chi connectivity index (χ4v) is 4.86. The second-order valence-electron chi connectivity index (χ2n) is 11.6. The molecular weight excluding hydrogens is 857 g/mol. The van der Waals surface area contributed by atoms with Gasteiger partial charge in [-0.25, -0.2) is 0 Å². The molecule has 0 aliphatic carbocycles. The summed E-state index contributed by atoms with van der Waals surface area (Å²) >= 11 is 0. The molecule has 0 spiro atoms. The molecular formula is C30H74O21S5. The van der Waals surface area contributed by atoms with Crippen LogP contribution < -0.4 is 0 Å². The minimum atomic E-state index is -4.00. The van der Waals surface area contributed by atoms with E-state index in [-0.39, 0.29) is 36.1 Å². The second-order valence-corrected chi connectivity index (χ2v) is 20.5. The zero-order valence-electron chi connectivity index (χ0n) is 36.9. The van der Waals surface area contributed by atoms with Crippen molar-refractivity contribution in [2.24, 2.45) is 0 Å². The van der Waals surface area contributed by atoms with Crippen LogP contribution in [0.25, 0.3) is 0 Å². The zero-order chi connectivity index (χ0) is 46.6. The van der Waals surface area contributed by atoms with Gasteiger partial charge in [-0.15, -0.1) is 0 Å². The van der Waals surface area contributed by atoms with Gasteiger partial charge in [0.1, 0.15) is 0 Å². The third kappa shape index (κ3) is 74.3. The van der Waals surface area contributed by atoms with Crippen molar-refractivity contribution in [1.82, 2.24) is 0 Å². The Hall–Kier alpha value is -0.690. The molecule has 0 rings (SSSR count). The summed E-state index contributed by atoms with van der Waals surface area (Å²) in [4.78, 5) is 0. The molecule has 0 atom stereocenters. The van der Waals surface area contributed by atoms with Crippen molar-refractivity contribution in [3.8, 4) is 0 Å². The summed E-state index contributed by atoms with van der Waals surface area (Å²) in [6, 6.07) is 0. The van der Waals surface area contributed by atoms with E-state index in [1.807, 2.05) is 41.5 Å². The molecule has 0 aliphatic heterocycles. The summed E-state index contributed by atoms with van der Waals surface area (Å²) in [5, 5.41) is -1.16. The van der Waals surface area contributed by atoms with E-state index in [9.17, 15) is 42.1 Å². The van der Waals surface area contributed by atoms with Gasteiger partial charge in [-0.1, -0.05) is 0 Å². The first kappa shape index (κ1) is 69.9. The first-order valence-electron chi connectivity index (χ1n) is 16.4. The standard InChI is InChI=1S/3C5H12O4S.3C4H10O.C3H8O6S2/c3*1-5(2)9-4-10(6,7)8-3;3*1-4(2)5-3;1-8-10(4,5)3-11(6,7)9-2/h3*5H,4H2,1-3H3;3*4H,1-3H3;3H2,1-2H3. The Morgan fingerprint density at radius 1 is 0.286 bits per heavy atom. The molecule has 26 heteroatoms. The predicted octanol–water partition coefficient (Wildman–Crippen LogP) is 3.06. The molecule has 0 amide bonds. The molecule has 350 valence electrons. The molecule has 0 aromatic rings. The maximum Gasteiger partial charge on any atom is 0.291 e. The van der Waals surface area contributed by atoms with Gasteiger partial charge in [0.15, 0.2) is 17.8 Å². The van der Waals surface area contributed by atoms with Gasteiger partial charge in [0.05, 0.1) is 72.2 Å². The van der Waals surface area contributed by atoms with E-state index >= 15 is 0 Å². The highest BCUT2D eigenvalue weighted by Gasteiger charge is 2.21. The maximum atomic E-state index is 10.6. The minimum Gasteiger partial charge on any atom is -0.382 e. The van der Waals surface area contributed by atoms with E-state index in [1.54, 1.807) is 62.9 Å². The molecule has 0 saturated carbocycles. The molecule has 0 unspecified atom stereocenters. The van der Waals surface area contributed by atoms with Gasteiger partial charge in [-0.3, -0.25) is 20.9 Å². The Labute approximate surface area is 340 Å². The quantitative estimate of drug-likeness (QED) is 0.168. The predicted molar refractivity (Wildman–Crippen MR) is 214 cm³/mol. The first-order chi connectivity index (χ1) is 25.1. The monoisotopic (exact) mass is 930 g/mol. The van der Waals surface area contributed by atoms with E-state index in [1.165, 1.54) is 0 Å². The van der Waals surface area contributed by atoms with Crippen molar-refractivity contribution in [2.75, 3.05) is 79.8 Å². The largest absolute Gasteiger partial charge is 0.382 e. The average Bonchev–Trinajstić information content (AvgIpc) is 3.10. The molecule has 56 heavy (non-hydrogen) atoms. The van der Waals surface area contributed by atoms with Crippen LogP contribution in [-0.2, 0) is 99.9 Å². The zero-order valence-corrected chi connectivity index (χ0v) is 41.0. The fraction of sp³-hybridized carbons (Fsp3) is 1.00. The first-order valence-corrected chi connectivity index (χ1v) is 24.3. The molecule has 0 aromatic heterocycles. The lowest BCUT2D eigenvalue weighted by atomic mass is 10.5. The highest BCUT2D eigenvalue weighted by molar-refractivity contribution is 8.03. The number of hydrogen-bond acceptors (Lipinski definition) is 21. The van der Waals surface area contributed by atoms with E-state index in [2.05, 4.69) is 20.9 Å². The van der Waals surface area contributed by atoms with Crippen LogP contribution >= 0.6 is 0 Å². The number of methoxy groups -OCH3 is 3. The number of rotatable bonds is 19. The second kappa shape index (κ2) is 39.8. The lowest BCUT2D eigenvalue weighted by Gasteiger charge is -2.05. The number of hydrogen-bond donors (Lipinski definition) is 0. The molecule has 0 saturated heterocycles. The Morgan fingerprint density at radius 2 is 0.429 bits per heavy atom. The molecule has 0 bridgehead atoms. The topological polar surface area (TPSA) is 272 Å². The van der Waals surface area contributed by atoms with Gasteiger partial charge in [0.25, 0.3) is 50.6 Å². The smallest absolute Gasteiger partial charge is 0.291 e. The van der Waals surface area contributed by atoms with E-state index in [0.29, 0.717) is 18.3 Å². The molecule has 0 aromatic carbocycles. The van der Waals surface area contributed by atoms with Crippen molar-refractivity contribution < 1.29 is 91.4 Å². The van der Waals surface area contributed by atoms with Crippen LogP contribution in [0.1, 0.15) is 83.1 Å². The highest BCUT2D eigenvalue weighted by Crippen LogP contribution is 1.99. The van der Waals surface area contributed by atoms with Gasteiger partial charge >= 0.3 is 0 Å². The van der Waals surface area contributed by atoms with Gasteiger partial charge in [-0.05, 0) is 83.1 Å². The Balaban J connectivity index is -0.000000102.